The Morgan fingerprint density at radius 3 is 2.29 bits per heavy atom. The highest BCUT2D eigenvalue weighted by molar-refractivity contribution is 6.12. The van der Waals surface area contributed by atoms with Gasteiger partial charge in [-0.2, -0.15) is 0 Å². The molecule has 17 heavy (non-hydrogen) atoms. The van der Waals surface area contributed by atoms with Crippen LogP contribution in [0.15, 0.2) is 12.2 Å². The van der Waals surface area contributed by atoms with Gasteiger partial charge in [0.2, 0.25) is 0 Å². The van der Waals surface area contributed by atoms with Crippen LogP contribution in [-0.4, -0.2) is 35.0 Å². The number of rotatable bonds is 6. The van der Waals surface area contributed by atoms with E-state index in [-0.39, 0.29) is 17.4 Å². The van der Waals surface area contributed by atoms with Gasteiger partial charge in [0.1, 0.15) is 0 Å². The number of amides is 2. The summed E-state index contributed by atoms with van der Waals surface area (Å²) in [5.74, 6) is -0.382. The molecule has 0 aromatic heterocycles. The predicted octanol–water partition coefficient (Wildman–Crippen LogP) is 1.65. The van der Waals surface area contributed by atoms with Gasteiger partial charge in [-0.05, 0) is 25.7 Å². The zero-order chi connectivity index (χ0) is 12.5. The fraction of sp³-hybridized carbons (Fsp3) is 0.692. The average Bonchev–Trinajstić information content (AvgIpc) is 2.96. The van der Waals surface area contributed by atoms with Gasteiger partial charge in [0.15, 0.2) is 0 Å². The van der Waals surface area contributed by atoms with E-state index in [4.69, 9.17) is 4.74 Å². The van der Waals surface area contributed by atoms with Crippen molar-refractivity contribution in [3.8, 4) is 0 Å². The lowest BCUT2D eigenvalue weighted by Crippen LogP contribution is -2.31. The lowest BCUT2D eigenvalue weighted by molar-refractivity contribution is -0.136. The van der Waals surface area contributed by atoms with E-state index >= 15 is 0 Å². The number of hydrogen-bond acceptors (Lipinski definition) is 3. The topological polar surface area (TPSA) is 49.9 Å². The average molecular weight is 237 g/mol. The molecule has 0 aromatic carbocycles. The van der Waals surface area contributed by atoms with Crippen molar-refractivity contribution < 1.29 is 14.3 Å². The highest BCUT2D eigenvalue weighted by atomic mass is 16.6. The van der Waals surface area contributed by atoms with Gasteiger partial charge >= 0.3 is 0 Å². The zero-order valence-electron chi connectivity index (χ0n) is 10.4. The molecule has 2 heterocycles. The van der Waals surface area contributed by atoms with Crippen LogP contribution in [0.1, 0.15) is 39.5 Å². The fourth-order valence-corrected chi connectivity index (χ4v) is 2.53. The van der Waals surface area contributed by atoms with E-state index in [1.54, 1.807) is 0 Å². The maximum atomic E-state index is 11.3. The molecule has 1 fully saturated rings. The smallest absolute Gasteiger partial charge is 0.253 e. The summed E-state index contributed by atoms with van der Waals surface area (Å²) in [7, 11) is 0. The molecule has 1 unspecified atom stereocenters. The highest BCUT2D eigenvalue weighted by Gasteiger charge is 2.52. The molecule has 94 valence electrons. The predicted molar refractivity (Wildman–Crippen MR) is 63.3 cm³/mol. The summed E-state index contributed by atoms with van der Waals surface area (Å²) in [5, 5.41) is 0. The fourth-order valence-electron chi connectivity index (χ4n) is 2.53. The van der Waals surface area contributed by atoms with E-state index in [0.29, 0.717) is 12.6 Å². The second-order valence-electron chi connectivity index (χ2n) is 4.68. The first-order valence-electron chi connectivity index (χ1n) is 6.34. The Morgan fingerprint density at radius 1 is 1.24 bits per heavy atom. The van der Waals surface area contributed by atoms with Crippen molar-refractivity contribution in [3.05, 3.63) is 12.2 Å². The lowest BCUT2D eigenvalue weighted by Gasteiger charge is -2.13. The van der Waals surface area contributed by atoms with Crippen LogP contribution in [0, 0.1) is 0 Å². The SMILES string of the molecule is CCC1(CC)OC1CCCN1C(=O)C=CC1=O. The largest absolute Gasteiger partial charge is 0.366 e. The maximum Gasteiger partial charge on any atom is 0.253 e. The summed E-state index contributed by atoms with van der Waals surface area (Å²) in [4.78, 5) is 23.9. The van der Waals surface area contributed by atoms with Crippen LogP contribution in [0.25, 0.3) is 0 Å². The van der Waals surface area contributed by atoms with Crippen LogP contribution >= 0.6 is 0 Å². The second kappa shape index (κ2) is 4.61. The molecule has 0 aliphatic carbocycles. The Bertz CT molecular complexity index is 340. The van der Waals surface area contributed by atoms with Crippen LogP contribution in [-0.2, 0) is 14.3 Å². The summed E-state index contributed by atoms with van der Waals surface area (Å²) < 4.78 is 5.72. The van der Waals surface area contributed by atoms with Crippen LogP contribution in [0.5, 0.6) is 0 Å². The Morgan fingerprint density at radius 2 is 1.82 bits per heavy atom. The van der Waals surface area contributed by atoms with Gasteiger partial charge in [-0.15, -0.1) is 0 Å². The molecular weight excluding hydrogens is 218 g/mol. The van der Waals surface area contributed by atoms with E-state index in [2.05, 4.69) is 13.8 Å². The van der Waals surface area contributed by atoms with Crippen molar-refractivity contribution in [2.45, 2.75) is 51.2 Å². The molecule has 0 radical (unpaired) electrons. The van der Waals surface area contributed by atoms with Crippen molar-refractivity contribution in [1.82, 2.24) is 4.90 Å². The maximum absolute atomic E-state index is 11.3. The van der Waals surface area contributed by atoms with Gasteiger partial charge in [-0.1, -0.05) is 13.8 Å². The number of nitrogens with zero attached hydrogens (tertiary/aromatic N) is 1. The molecule has 0 saturated carbocycles. The van der Waals surface area contributed by atoms with E-state index in [9.17, 15) is 9.59 Å². The third-order valence-electron chi connectivity index (χ3n) is 3.85. The zero-order valence-corrected chi connectivity index (χ0v) is 10.4. The third-order valence-corrected chi connectivity index (χ3v) is 3.85. The summed E-state index contributed by atoms with van der Waals surface area (Å²) in [5.41, 5.74) is 0.0806. The quantitative estimate of drug-likeness (QED) is 0.521. The van der Waals surface area contributed by atoms with Gasteiger partial charge < -0.3 is 4.74 Å². The molecule has 4 heteroatoms. The number of ether oxygens (including phenoxy) is 1. The van der Waals surface area contributed by atoms with Crippen LogP contribution in [0.3, 0.4) is 0 Å². The number of imide groups is 1. The summed E-state index contributed by atoms with van der Waals surface area (Å²) in [6, 6.07) is 0. The Kier molecular flexibility index (Phi) is 3.33. The van der Waals surface area contributed by atoms with Crippen LogP contribution < -0.4 is 0 Å². The first-order valence-corrected chi connectivity index (χ1v) is 6.34. The second-order valence-corrected chi connectivity index (χ2v) is 4.68. The van der Waals surface area contributed by atoms with Crippen LogP contribution in [0.4, 0.5) is 0 Å². The first-order chi connectivity index (χ1) is 8.13. The van der Waals surface area contributed by atoms with Gasteiger partial charge in [-0.3, -0.25) is 14.5 Å². The lowest BCUT2D eigenvalue weighted by atomic mass is 9.96. The minimum atomic E-state index is -0.191. The summed E-state index contributed by atoms with van der Waals surface area (Å²) in [6.45, 7) is 4.79. The van der Waals surface area contributed by atoms with Crippen molar-refractivity contribution in [2.24, 2.45) is 0 Å². The van der Waals surface area contributed by atoms with Crippen molar-refractivity contribution in [3.63, 3.8) is 0 Å². The number of carbonyl (C=O) groups is 2. The molecule has 0 aromatic rings. The molecule has 2 aliphatic heterocycles. The molecule has 1 atom stereocenters. The molecule has 2 aliphatic rings. The van der Waals surface area contributed by atoms with Gasteiger partial charge in [-0.25, -0.2) is 0 Å². The normalized spacial score (nSPS) is 25.8. The molecular formula is C13H19NO3. The standard InChI is InChI=1S/C13H19NO3/c1-3-13(4-2)10(17-13)6-5-9-14-11(15)7-8-12(14)16/h7-8,10H,3-6,9H2,1-2H3. The van der Waals surface area contributed by atoms with Gasteiger partial charge in [0.05, 0.1) is 11.7 Å². The summed E-state index contributed by atoms with van der Waals surface area (Å²) in [6.07, 6.45) is 6.81. The Hall–Kier alpha value is -1.16. The van der Waals surface area contributed by atoms with E-state index in [1.807, 2.05) is 0 Å². The minimum Gasteiger partial charge on any atom is -0.366 e. The van der Waals surface area contributed by atoms with Crippen molar-refractivity contribution in [2.75, 3.05) is 6.54 Å². The molecule has 0 bridgehead atoms. The van der Waals surface area contributed by atoms with Gasteiger partial charge in [0, 0.05) is 18.7 Å². The molecule has 2 rings (SSSR count). The Labute approximate surface area is 102 Å². The van der Waals surface area contributed by atoms with E-state index in [0.717, 1.165) is 25.7 Å². The van der Waals surface area contributed by atoms with Crippen LogP contribution in [0.2, 0.25) is 0 Å². The monoisotopic (exact) mass is 237 g/mol. The minimum absolute atomic E-state index is 0.0806. The highest BCUT2D eigenvalue weighted by Crippen LogP contribution is 2.44. The Balaban J connectivity index is 1.71. The molecule has 0 N–H and O–H groups in total. The van der Waals surface area contributed by atoms with E-state index < -0.39 is 0 Å². The van der Waals surface area contributed by atoms with Crippen molar-refractivity contribution >= 4 is 11.8 Å². The molecule has 1 saturated heterocycles. The first kappa shape index (κ1) is 12.3. The summed E-state index contributed by atoms with van der Waals surface area (Å²) >= 11 is 0. The van der Waals surface area contributed by atoms with Gasteiger partial charge in [0.25, 0.3) is 11.8 Å². The van der Waals surface area contributed by atoms with E-state index in [1.165, 1.54) is 17.1 Å². The molecule has 0 spiro atoms. The number of carbonyl (C=O) groups excluding carboxylic acids is 2. The third kappa shape index (κ3) is 2.27. The molecule has 2 amide bonds. The number of epoxide rings is 1. The van der Waals surface area contributed by atoms with Crippen molar-refractivity contribution in [1.29, 1.82) is 0 Å². The molecule has 4 nitrogen and oxygen atoms in total. The number of hydrogen-bond donors (Lipinski definition) is 0.